The highest BCUT2D eigenvalue weighted by atomic mass is 16.1. The predicted molar refractivity (Wildman–Crippen MR) is 86.1 cm³/mol. The number of carbonyl (C=O) groups excluding carboxylic acids is 1. The normalized spacial score (nSPS) is 19.2. The van der Waals surface area contributed by atoms with Crippen LogP contribution in [-0.2, 0) is 10.2 Å². The number of likely N-dealkylation sites (tertiary alicyclic amines) is 1. The quantitative estimate of drug-likeness (QED) is 0.811. The molecule has 0 atom stereocenters. The van der Waals surface area contributed by atoms with Gasteiger partial charge < -0.3 is 0 Å². The van der Waals surface area contributed by atoms with Gasteiger partial charge in [-0.2, -0.15) is 0 Å². The Kier molecular flexibility index (Phi) is 5.15. The van der Waals surface area contributed by atoms with Gasteiger partial charge in [0.1, 0.15) is 5.78 Å². The number of carbonyl (C=O) groups is 1. The highest BCUT2D eigenvalue weighted by Gasteiger charge is 2.41. The molecule has 0 bridgehead atoms. The molecule has 0 radical (unpaired) electrons. The molecule has 2 rings (SSSR count). The van der Waals surface area contributed by atoms with Crippen molar-refractivity contribution >= 4 is 5.78 Å². The smallest absolute Gasteiger partial charge is 0.140 e. The number of benzene rings is 1. The topological polar surface area (TPSA) is 20.3 Å². The zero-order valence-corrected chi connectivity index (χ0v) is 12.6. The van der Waals surface area contributed by atoms with E-state index in [9.17, 15) is 4.79 Å². The van der Waals surface area contributed by atoms with E-state index in [4.69, 9.17) is 0 Å². The Morgan fingerprint density at radius 2 is 1.60 bits per heavy atom. The molecule has 1 aliphatic rings. The van der Waals surface area contributed by atoms with Gasteiger partial charge in [0.15, 0.2) is 0 Å². The summed E-state index contributed by atoms with van der Waals surface area (Å²) in [6.45, 7) is 10.5. The standard InChI is InChI=1S/C17H25NO.CH4/c1-14(19)17(15-8-6-5-7-9-15)10-12-18(13-11-17)16(2,3)4;/h5-9H,10-13H2,1-4H3;1H4. The third-order valence-corrected chi connectivity index (χ3v) is 4.57. The van der Waals surface area contributed by atoms with Crippen molar-refractivity contribution in [2.24, 2.45) is 0 Å². The van der Waals surface area contributed by atoms with Gasteiger partial charge in [0, 0.05) is 5.54 Å². The fourth-order valence-corrected chi connectivity index (χ4v) is 3.16. The van der Waals surface area contributed by atoms with E-state index >= 15 is 0 Å². The molecule has 0 unspecified atom stereocenters. The number of hydrogen-bond donors (Lipinski definition) is 0. The zero-order valence-electron chi connectivity index (χ0n) is 12.6. The second kappa shape index (κ2) is 6.09. The lowest BCUT2D eigenvalue weighted by Crippen LogP contribution is -2.52. The second-order valence-corrected chi connectivity index (χ2v) is 6.66. The van der Waals surface area contributed by atoms with Crippen LogP contribution >= 0.6 is 0 Å². The van der Waals surface area contributed by atoms with Crippen molar-refractivity contribution in [3.05, 3.63) is 35.9 Å². The first kappa shape index (κ1) is 16.9. The van der Waals surface area contributed by atoms with E-state index in [1.54, 1.807) is 6.92 Å². The fourth-order valence-electron chi connectivity index (χ4n) is 3.16. The summed E-state index contributed by atoms with van der Waals surface area (Å²) in [5, 5.41) is 0. The van der Waals surface area contributed by atoms with Gasteiger partial charge in [0.2, 0.25) is 0 Å². The molecular formula is C18H29NO. The Balaban J connectivity index is 0.00000200. The van der Waals surface area contributed by atoms with Gasteiger partial charge in [-0.15, -0.1) is 0 Å². The van der Waals surface area contributed by atoms with Crippen molar-refractivity contribution < 1.29 is 4.79 Å². The highest BCUT2D eigenvalue weighted by Crippen LogP contribution is 2.38. The maximum atomic E-state index is 12.3. The van der Waals surface area contributed by atoms with Crippen LogP contribution in [0.1, 0.15) is 53.5 Å². The summed E-state index contributed by atoms with van der Waals surface area (Å²) in [4.78, 5) is 14.7. The molecule has 0 spiro atoms. The molecule has 2 nitrogen and oxygen atoms in total. The summed E-state index contributed by atoms with van der Waals surface area (Å²) in [5.41, 5.74) is 1.12. The van der Waals surface area contributed by atoms with E-state index < -0.39 is 0 Å². The summed E-state index contributed by atoms with van der Waals surface area (Å²) in [6, 6.07) is 10.3. The van der Waals surface area contributed by atoms with Crippen LogP contribution < -0.4 is 0 Å². The van der Waals surface area contributed by atoms with E-state index in [0.29, 0.717) is 5.78 Å². The summed E-state index contributed by atoms with van der Waals surface area (Å²) >= 11 is 0. The lowest BCUT2D eigenvalue weighted by molar-refractivity contribution is -0.124. The Morgan fingerprint density at radius 3 is 2.00 bits per heavy atom. The molecule has 1 aliphatic heterocycles. The van der Waals surface area contributed by atoms with Crippen molar-refractivity contribution in [2.45, 2.75) is 58.9 Å². The number of hydrogen-bond acceptors (Lipinski definition) is 2. The second-order valence-electron chi connectivity index (χ2n) is 6.66. The SMILES string of the molecule is C.CC(=O)C1(c2ccccc2)CCN(C(C)(C)C)CC1. The third-order valence-electron chi connectivity index (χ3n) is 4.57. The zero-order chi connectivity index (χ0) is 14.1. The van der Waals surface area contributed by atoms with Crippen molar-refractivity contribution in [3.8, 4) is 0 Å². The van der Waals surface area contributed by atoms with Gasteiger partial charge in [-0.05, 0) is 59.2 Å². The first-order valence-electron chi connectivity index (χ1n) is 7.18. The Bertz CT molecular complexity index is 436. The molecule has 1 heterocycles. The van der Waals surface area contributed by atoms with Crippen LogP contribution in [0, 0.1) is 0 Å². The van der Waals surface area contributed by atoms with Crippen molar-refractivity contribution in [3.63, 3.8) is 0 Å². The van der Waals surface area contributed by atoms with Crippen LogP contribution in [0.2, 0.25) is 0 Å². The summed E-state index contributed by atoms with van der Waals surface area (Å²) < 4.78 is 0. The molecule has 1 aromatic carbocycles. The lowest BCUT2D eigenvalue weighted by Gasteiger charge is -2.45. The summed E-state index contributed by atoms with van der Waals surface area (Å²) in [6.07, 6.45) is 1.87. The lowest BCUT2D eigenvalue weighted by atomic mass is 9.69. The maximum Gasteiger partial charge on any atom is 0.140 e. The van der Waals surface area contributed by atoms with E-state index in [1.807, 2.05) is 18.2 Å². The highest BCUT2D eigenvalue weighted by molar-refractivity contribution is 5.88. The molecule has 20 heavy (non-hydrogen) atoms. The van der Waals surface area contributed by atoms with Crippen molar-refractivity contribution in [2.75, 3.05) is 13.1 Å². The van der Waals surface area contributed by atoms with E-state index in [1.165, 1.54) is 5.56 Å². The Morgan fingerprint density at radius 1 is 1.10 bits per heavy atom. The third kappa shape index (κ3) is 3.12. The molecule has 0 amide bonds. The molecular weight excluding hydrogens is 246 g/mol. The minimum absolute atomic E-state index is 0. The minimum Gasteiger partial charge on any atom is -0.299 e. The van der Waals surface area contributed by atoms with Gasteiger partial charge in [-0.1, -0.05) is 37.8 Å². The molecule has 1 aromatic rings. The molecule has 0 aromatic heterocycles. The number of rotatable bonds is 2. The van der Waals surface area contributed by atoms with Crippen molar-refractivity contribution in [1.82, 2.24) is 4.90 Å². The first-order chi connectivity index (χ1) is 8.86. The average molecular weight is 275 g/mol. The van der Waals surface area contributed by atoms with Crippen molar-refractivity contribution in [1.29, 1.82) is 0 Å². The molecule has 112 valence electrons. The number of nitrogens with zero attached hydrogens (tertiary/aromatic N) is 1. The van der Waals surface area contributed by atoms with Gasteiger partial charge in [-0.3, -0.25) is 9.69 Å². The molecule has 1 saturated heterocycles. The Hall–Kier alpha value is -1.15. The number of Topliss-reactive ketones (excluding diaryl/α,β-unsaturated/α-hetero) is 1. The fraction of sp³-hybridized carbons (Fsp3) is 0.611. The average Bonchev–Trinajstić information content (AvgIpc) is 2.38. The van der Waals surface area contributed by atoms with Crippen LogP contribution in [0.3, 0.4) is 0 Å². The van der Waals surface area contributed by atoms with Gasteiger partial charge >= 0.3 is 0 Å². The van der Waals surface area contributed by atoms with Crippen LogP contribution in [0.5, 0.6) is 0 Å². The first-order valence-corrected chi connectivity index (χ1v) is 7.18. The molecule has 1 fully saturated rings. The van der Waals surface area contributed by atoms with Gasteiger partial charge in [0.25, 0.3) is 0 Å². The van der Waals surface area contributed by atoms with Crippen LogP contribution in [0.25, 0.3) is 0 Å². The predicted octanol–water partition coefficient (Wildman–Crippen LogP) is 4.04. The summed E-state index contributed by atoms with van der Waals surface area (Å²) in [7, 11) is 0. The van der Waals surface area contributed by atoms with Crippen LogP contribution in [-0.4, -0.2) is 29.3 Å². The largest absolute Gasteiger partial charge is 0.299 e. The molecule has 2 heteroatoms. The van der Waals surface area contributed by atoms with Gasteiger partial charge in [0.05, 0.1) is 5.41 Å². The van der Waals surface area contributed by atoms with E-state index in [0.717, 1.165) is 25.9 Å². The maximum absolute atomic E-state index is 12.3. The van der Waals surface area contributed by atoms with Crippen LogP contribution in [0.15, 0.2) is 30.3 Å². The van der Waals surface area contributed by atoms with E-state index in [2.05, 4.69) is 37.8 Å². The monoisotopic (exact) mass is 275 g/mol. The van der Waals surface area contributed by atoms with Gasteiger partial charge in [-0.25, -0.2) is 0 Å². The molecule has 0 saturated carbocycles. The van der Waals surface area contributed by atoms with Crippen LogP contribution in [0.4, 0.5) is 0 Å². The Labute approximate surface area is 124 Å². The number of ketones is 1. The molecule has 0 N–H and O–H groups in total. The van der Waals surface area contributed by atoms with E-state index in [-0.39, 0.29) is 18.4 Å². The molecule has 0 aliphatic carbocycles. The summed E-state index contributed by atoms with van der Waals surface area (Å²) in [5.74, 6) is 0.312. The minimum atomic E-state index is -0.261. The number of piperidine rings is 1.